The largest absolute Gasteiger partial charge is 0.382 e. The van der Waals surface area contributed by atoms with Crippen molar-refractivity contribution in [1.82, 2.24) is 9.88 Å². The molecule has 1 atom stereocenters. The normalized spacial score (nSPS) is 21.0. The molecule has 0 aliphatic carbocycles. The first kappa shape index (κ1) is 18.6. The number of aromatic nitrogens is 1. The average Bonchev–Trinajstić information content (AvgIpc) is 3.21. The van der Waals surface area contributed by atoms with Gasteiger partial charge >= 0.3 is 0 Å². The molecule has 25 heavy (non-hydrogen) atoms. The highest BCUT2D eigenvalue weighted by Gasteiger charge is 2.37. The van der Waals surface area contributed by atoms with Gasteiger partial charge in [0.25, 0.3) is 0 Å². The molecule has 2 aromatic heterocycles. The Hall–Kier alpha value is -1.23. The molecule has 1 aliphatic rings. The predicted octanol–water partition coefficient (Wildman–Crippen LogP) is 4.70. The zero-order chi connectivity index (χ0) is 17.5. The molecule has 4 heteroatoms. The van der Waals surface area contributed by atoms with E-state index in [2.05, 4.69) is 41.2 Å². The van der Waals surface area contributed by atoms with Crippen LogP contribution in [0.25, 0.3) is 0 Å². The van der Waals surface area contributed by atoms with Gasteiger partial charge in [0, 0.05) is 43.6 Å². The third kappa shape index (κ3) is 5.37. The van der Waals surface area contributed by atoms with E-state index in [1.807, 2.05) is 29.8 Å². The molecule has 0 spiro atoms. The Morgan fingerprint density at radius 2 is 2.24 bits per heavy atom. The number of rotatable bonds is 9. The van der Waals surface area contributed by atoms with Gasteiger partial charge in [0.2, 0.25) is 0 Å². The molecule has 0 amide bonds. The summed E-state index contributed by atoms with van der Waals surface area (Å²) in [6.45, 7) is 9.37. The van der Waals surface area contributed by atoms with E-state index in [0.29, 0.717) is 5.41 Å². The summed E-state index contributed by atoms with van der Waals surface area (Å²) in [6.07, 6.45) is 8.75. The highest BCUT2D eigenvalue weighted by atomic mass is 32.1. The fraction of sp³-hybridized carbons (Fsp3) is 0.571. The van der Waals surface area contributed by atoms with Crippen LogP contribution in [0.3, 0.4) is 0 Å². The summed E-state index contributed by atoms with van der Waals surface area (Å²) in [5, 5.41) is 2.33. The Balaban J connectivity index is 1.60. The first-order chi connectivity index (χ1) is 12.2. The molecule has 1 fully saturated rings. The van der Waals surface area contributed by atoms with E-state index in [1.165, 1.54) is 54.8 Å². The van der Waals surface area contributed by atoms with Crippen LogP contribution in [-0.2, 0) is 17.7 Å². The number of hydrogen-bond acceptors (Lipinski definition) is 4. The van der Waals surface area contributed by atoms with Crippen molar-refractivity contribution in [2.45, 2.75) is 46.1 Å². The van der Waals surface area contributed by atoms with Crippen LogP contribution in [0.1, 0.15) is 42.2 Å². The molecular formula is C21H30N2OS. The predicted molar refractivity (Wildman–Crippen MR) is 105 cm³/mol. The molecule has 0 bridgehead atoms. The van der Waals surface area contributed by atoms with Crippen molar-refractivity contribution in [2.75, 3.05) is 26.3 Å². The van der Waals surface area contributed by atoms with Crippen LogP contribution in [0, 0.1) is 12.3 Å². The molecule has 0 aromatic carbocycles. The van der Waals surface area contributed by atoms with Gasteiger partial charge < -0.3 is 4.74 Å². The number of pyridine rings is 1. The fourth-order valence-corrected chi connectivity index (χ4v) is 4.66. The van der Waals surface area contributed by atoms with Gasteiger partial charge in [-0.1, -0.05) is 6.07 Å². The van der Waals surface area contributed by atoms with Crippen LogP contribution in [0.15, 0.2) is 36.0 Å². The first-order valence-corrected chi connectivity index (χ1v) is 10.3. The monoisotopic (exact) mass is 358 g/mol. The SMILES string of the molecule is CCOCC[C@]1(CCc2csc(C)c2)CCN(Cc2cccnc2)C1. The third-order valence-electron chi connectivity index (χ3n) is 5.36. The molecule has 136 valence electrons. The van der Waals surface area contributed by atoms with E-state index < -0.39 is 0 Å². The highest BCUT2D eigenvalue weighted by molar-refractivity contribution is 7.10. The van der Waals surface area contributed by atoms with E-state index in [1.54, 1.807) is 0 Å². The maximum Gasteiger partial charge on any atom is 0.0471 e. The van der Waals surface area contributed by atoms with Crippen molar-refractivity contribution in [3.63, 3.8) is 0 Å². The summed E-state index contributed by atoms with van der Waals surface area (Å²) < 4.78 is 5.70. The van der Waals surface area contributed by atoms with Gasteiger partial charge in [0.1, 0.15) is 0 Å². The Kier molecular flexibility index (Phi) is 6.63. The van der Waals surface area contributed by atoms with Crippen molar-refractivity contribution in [3.05, 3.63) is 52.0 Å². The summed E-state index contributed by atoms with van der Waals surface area (Å²) >= 11 is 1.87. The van der Waals surface area contributed by atoms with E-state index in [9.17, 15) is 0 Å². The van der Waals surface area contributed by atoms with E-state index in [-0.39, 0.29) is 0 Å². The van der Waals surface area contributed by atoms with Gasteiger partial charge in [-0.25, -0.2) is 0 Å². The second kappa shape index (κ2) is 8.93. The minimum Gasteiger partial charge on any atom is -0.382 e. The van der Waals surface area contributed by atoms with Crippen LogP contribution in [0.4, 0.5) is 0 Å². The van der Waals surface area contributed by atoms with Crippen molar-refractivity contribution < 1.29 is 4.74 Å². The minimum atomic E-state index is 0.396. The summed E-state index contributed by atoms with van der Waals surface area (Å²) in [5.41, 5.74) is 3.22. The average molecular weight is 359 g/mol. The molecular weight excluding hydrogens is 328 g/mol. The Morgan fingerprint density at radius 1 is 1.32 bits per heavy atom. The fourth-order valence-electron chi connectivity index (χ4n) is 3.92. The Labute approximate surface area is 156 Å². The smallest absolute Gasteiger partial charge is 0.0471 e. The number of nitrogens with zero attached hydrogens (tertiary/aromatic N) is 2. The summed E-state index contributed by atoms with van der Waals surface area (Å²) in [4.78, 5) is 8.28. The van der Waals surface area contributed by atoms with Gasteiger partial charge in [-0.15, -0.1) is 11.3 Å². The van der Waals surface area contributed by atoms with Crippen LogP contribution in [-0.4, -0.2) is 36.2 Å². The second-order valence-corrected chi connectivity index (χ2v) is 8.45. The van der Waals surface area contributed by atoms with Crippen LogP contribution in [0.2, 0.25) is 0 Å². The molecule has 0 saturated carbocycles. The lowest BCUT2D eigenvalue weighted by Crippen LogP contribution is -2.29. The third-order valence-corrected chi connectivity index (χ3v) is 6.27. The number of aryl methyl sites for hydroxylation is 2. The maximum absolute atomic E-state index is 5.70. The van der Waals surface area contributed by atoms with Gasteiger partial charge in [-0.05, 0) is 80.1 Å². The summed E-state index contributed by atoms with van der Waals surface area (Å²) in [5.74, 6) is 0. The molecule has 0 radical (unpaired) electrons. The maximum atomic E-state index is 5.70. The van der Waals surface area contributed by atoms with Crippen LogP contribution >= 0.6 is 11.3 Å². The minimum absolute atomic E-state index is 0.396. The molecule has 0 unspecified atom stereocenters. The Bertz CT molecular complexity index is 642. The van der Waals surface area contributed by atoms with Crippen molar-refractivity contribution in [3.8, 4) is 0 Å². The van der Waals surface area contributed by atoms with Gasteiger partial charge in [0.05, 0.1) is 0 Å². The lowest BCUT2D eigenvalue weighted by atomic mass is 9.79. The topological polar surface area (TPSA) is 25.4 Å². The van der Waals surface area contributed by atoms with Crippen molar-refractivity contribution >= 4 is 11.3 Å². The van der Waals surface area contributed by atoms with E-state index in [0.717, 1.165) is 19.8 Å². The quantitative estimate of drug-likeness (QED) is 0.607. The summed E-state index contributed by atoms with van der Waals surface area (Å²) in [7, 11) is 0. The van der Waals surface area contributed by atoms with E-state index >= 15 is 0 Å². The van der Waals surface area contributed by atoms with Gasteiger partial charge in [-0.2, -0.15) is 0 Å². The van der Waals surface area contributed by atoms with Crippen LogP contribution < -0.4 is 0 Å². The highest BCUT2D eigenvalue weighted by Crippen LogP contribution is 2.39. The molecule has 3 nitrogen and oxygen atoms in total. The van der Waals surface area contributed by atoms with Crippen LogP contribution in [0.5, 0.6) is 0 Å². The molecule has 3 rings (SSSR count). The summed E-state index contributed by atoms with van der Waals surface area (Å²) in [6, 6.07) is 6.57. The Morgan fingerprint density at radius 3 is 2.96 bits per heavy atom. The zero-order valence-corrected chi connectivity index (χ0v) is 16.4. The molecule has 0 N–H and O–H groups in total. The lowest BCUT2D eigenvalue weighted by Gasteiger charge is -2.29. The molecule has 3 heterocycles. The number of likely N-dealkylation sites (tertiary alicyclic amines) is 1. The zero-order valence-electron chi connectivity index (χ0n) is 15.5. The van der Waals surface area contributed by atoms with Crippen molar-refractivity contribution in [1.29, 1.82) is 0 Å². The van der Waals surface area contributed by atoms with Gasteiger partial charge in [-0.3, -0.25) is 9.88 Å². The lowest BCUT2D eigenvalue weighted by molar-refractivity contribution is 0.0989. The van der Waals surface area contributed by atoms with E-state index in [4.69, 9.17) is 4.74 Å². The number of ether oxygens (including phenoxy) is 1. The standard InChI is InChI=1S/C21H30N2OS/c1-3-24-12-9-21(7-6-19-13-18(2)25-16-19)8-11-23(17-21)15-20-5-4-10-22-14-20/h4-5,10,13-14,16H,3,6-9,11-12,15,17H2,1-2H3/t21-/m0/s1. The molecule has 2 aromatic rings. The second-order valence-electron chi connectivity index (χ2n) is 7.33. The number of hydrogen-bond donors (Lipinski definition) is 0. The van der Waals surface area contributed by atoms with Crippen molar-refractivity contribution in [2.24, 2.45) is 5.41 Å². The first-order valence-electron chi connectivity index (χ1n) is 9.42. The van der Waals surface area contributed by atoms with Gasteiger partial charge in [0.15, 0.2) is 0 Å². The number of thiophene rings is 1. The molecule has 1 saturated heterocycles. The molecule has 1 aliphatic heterocycles.